The van der Waals surface area contributed by atoms with Crippen molar-refractivity contribution in [2.45, 2.75) is 32.1 Å². The SMILES string of the molecule is CN(C)C(=O)c1ccc(Cl)c(NC(=O)C2(C#N)CCCCC2)c1. The summed E-state index contributed by atoms with van der Waals surface area (Å²) in [5.41, 5.74) is -0.197. The molecule has 1 aliphatic rings. The van der Waals surface area contributed by atoms with Gasteiger partial charge in [0, 0.05) is 19.7 Å². The van der Waals surface area contributed by atoms with E-state index in [1.165, 1.54) is 4.90 Å². The van der Waals surface area contributed by atoms with Crippen LogP contribution >= 0.6 is 11.6 Å². The fourth-order valence-corrected chi connectivity index (χ4v) is 2.96. The molecule has 0 aromatic heterocycles. The van der Waals surface area contributed by atoms with Crippen LogP contribution in [0.1, 0.15) is 42.5 Å². The topological polar surface area (TPSA) is 73.2 Å². The molecule has 0 bridgehead atoms. The predicted octanol–water partition coefficient (Wildman–Crippen LogP) is 3.45. The minimum absolute atomic E-state index is 0.176. The van der Waals surface area contributed by atoms with Gasteiger partial charge in [-0.15, -0.1) is 0 Å². The Hall–Kier alpha value is -2.06. The quantitative estimate of drug-likeness (QED) is 0.920. The van der Waals surface area contributed by atoms with Crippen LogP contribution in [0.3, 0.4) is 0 Å². The minimum Gasteiger partial charge on any atom is -0.345 e. The highest BCUT2D eigenvalue weighted by Crippen LogP contribution is 2.37. The maximum atomic E-state index is 12.6. The van der Waals surface area contributed by atoms with Crippen LogP contribution in [0.15, 0.2) is 18.2 Å². The monoisotopic (exact) mass is 333 g/mol. The van der Waals surface area contributed by atoms with Crippen molar-refractivity contribution in [3.63, 3.8) is 0 Å². The van der Waals surface area contributed by atoms with E-state index in [0.29, 0.717) is 29.1 Å². The van der Waals surface area contributed by atoms with E-state index >= 15 is 0 Å². The van der Waals surface area contributed by atoms with E-state index in [9.17, 15) is 14.9 Å². The molecular weight excluding hydrogens is 314 g/mol. The summed E-state index contributed by atoms with van der Waals surface area (Å²) < 4.78 is 0. The molecule has 5 nitrogen and oxygen atoms in total. The number of nitriles is 1. The van der Waals surface area contributed by atoms with Crippen molar-refractivity contribution in [2.75, 3.05) is 19.4 Å². The maximum absolute atomic E-state index is 12.6. The van der Waals surface area contributed by atoms with Crippen molar-refractivity contribution in [3.8, 4) is 6.07 Å². The van der Waals surface area contributed by atoms with E-state index < -0.39 is 5.41 Å². The number of anilines is 1. The summed E-state index contributed by atoms with van der Waals surface area (Å²) >= 11 is 6.13. The molecule has 1 aromatic rings. The summed E-state index contributed by atoms with van der Waals surface area (Å²) in [6.07, 6.45) is 3.90. The van der Waals surface area contributed by atoms with Crippen molar-refractivity contribution in [1.29, 1.82) is 5.26 Å². The van der Waals surface area contributed by atoms with Gasteiger partial charge in [0.25, 0.3) is 5.91 Å². The van der Waals surface area contributed by atoms with Crippen LogP contribution < -0.4 is 5.32 Å². The molecule has 23 heavy (non-hydrogen) atoms. The molecule has 0 radical (unpaired) electrons. The van der Waals surface area contributed by atoms with Crippen molar-refractivity contribution >= 4 is 29.1 Å². The number of nitrogens with zero attached hydrogens (tertiary/aromatic N) is 2. The number of nitrogens with one attached hydrogen (secondary N) is 1. The molecule has 2 rings (SSSR count). The molecule has 0 saturated heterocycles. The summed E-state index contributed by atoms with van der Waals surface area (Å²) in [6.45, 7) is 0. The van der Waals surface area contributed by atoms with Gasteiger partial charge in [0.2, 0.25) is 5.91 Å². The third-order valence-electron chi connectivity index (χ3n) is 4.22. The van der Waals surface area contributed by atoms with Crippen LogP contribution in [-0.2, 0) is 4.79 Å². The zero-order valence-electron chi connectivity index (χ0n) is 13.4. The Balaban J connectivity index is 2.25. The van der Waals surface area contributed by atoms with Gasteiger partial charge in [-0.05, 0) is 31.0 Å². The van der Waals surface area contributed by atoms with Gasteiger partial charge in [0.1, 0.15) is 5.41 Å². The standard InChI is InChI=1S/C17H20ClN3O2/c1-21(2)15(22)12-6-7-13(18)14(10-12)20-16(23)17(11-19)8-4-3-5-9-17/h6-7,10H,3-5,8-9H2,1-2H3,(H,20,23). The summed E-state index contributed by atoms with van der Waals surface area (Å²) in [7, 11) is 3.31. The van der Waals surface area contributed by atoms with Crippen LogP contribution in [0.2, 0.25) is 5.02 Å². The average molecular weight is 334 g/mol. The largest absolute Gasteiger partial charge is 0.345 e. The van der Waals surface area contributed by atoms with E-state index in [2.05, 4.69) is 11.4 Å². The van der Waals surface area contributed by atoms with E-state index in [4.69, 9.17) is 11.6 Å². The van der Waals surface area contributed by atoms with Crippen LogP contribution in [0.4, 0.5) is 5.69 Å². The molecule has 6 heteroatoms. The lowest BCUT2D eigenvalue weighted by molar-refractivity contribution is -0.124. The smallest absolute Gasteiger partial charge is 0.253 e. The normalized spacial score (nSPS) is 16.3. The summed E-state index contributed by atoms with van der Waals surface area (Å²) in [6, 6.07) is 6.92. The van der Waals surface area contributed by atoms with Gasteiger partial charge in [0.05, 0.1) is 16.8 Å². The number of halogens is 1. The Morgan fingerprint density at radius 2 is 1.91 bits per heavy atom. The molecule has 1 aromatic carbocycles. The number of carbonyl (C=O) groups is 2. The Bertz CT molecular complexity index is 658. The zero-order chi connectivity index (χ0) is 17.0. The third-order valence-corrected chi connectivity index (χ3v) is 4.55. The minimum atomic E-state index is -0.997. The number of rotatable bonds is 3. The lowest BCUT2D eigenvalue weighted by atomic mass is 9.74. The molecule has 122 valence electrons. The molecule has 0 unspecified atom stereocenters. The Morgan fingerprint density at radius 1 is 1.26 bits per heavy atom. The Morgan fingerprint density at radius 3 is 2.48 bits per heavy atom. The fourth-order valence-electron chi connectivity index (χ4n) is 2.80. The van der Waals surface area contributed by atoms with Gasteiger partial charge >= 0.3 is 0 Å². The molecule has 1 fully saturated rings. The highest BCUT2D eigenvalue weighted by molar-refractivity contribution is 6.34. The van der Waals surface area contributed by atoms with Crippen LogP contribution in [0.25, 0.3) is 0 Å². The average Bonchev–Trinajstić information content (AvgIpc) is 2.56. The van der Waals surface area contributed by atoms with E-state index in [-0.39, 0.29) is 11.8 Å². The fraction of sp³-hybridized carbons (Fsp3) is 0.471. The molecule has 1 saturated carbocycles. The first-order valence-electron chi connectivity index (χ1n) is 7.63. The molecule has 0 atom stereocenters. The first-order valence-corrected chi connectivity index (χ1v) is 8.01. The third kappa shape index (κ3) is 3.65. The van der Waals surface area contributed by atoms with Crippen molar-refractivity contribution < 1.29 is 9.59 Å². The van der Waals surface area contributed by atoms with Crippen LogP contribution in [0.5, 0.6) is 0 Å². The van der Waals surface area contributed by atoms with Gasteiger partial charge < -0.3 is 10.2 Å². The molecule has 1 N–H and O–H groups in total. The molecular formula is C17H20ClN3O2. The first kappa shape index (κ1) is 17.3. The molecule has 2 amide bonds. The molecule has 0 spiro atoms. The van der Waals surface area contributed by atoms with Crippen molar-refractivity contribution in [2.24, 2.45) is 5.41 Å². The van der Waals surface area contributed by atoms with Gasteiger partial charge in [-0.1, -0.05) is 30.9 Å². The summed E-state index contributed by atoms with van der Waals surface area (Å²) in [5.74, 6) is -0.513. The summed E-state index contributed by atoms with van der Waals surface area (Å²) in [4.78, 5) is 26.1. The molecule has 0 aliphatic heterocycles. The molecule has 0 heterocycles. The van der Waals surface area contributed by atoms with Crippen LogP contribution in [-0.4, -0.2) is 30.8 Å². The van der Waals surface area contributed by atoms with E-state index in [1.807, 2.05) is 0 Å². The highest BCUT2D eigenvalue weighted by atomic mass is 35.5. The number of carbonyl (C=O) groups excluding carboxylic acids is 2. The predicted molar refractivity (Wildman–Crippen MR) is 89.2 cm³/mol. The van der Waals surface area contributed by atoms with E-state index in [0.717, 1.165) is 19.3 Å². The Labute approximate surface area is 141 Å². The highest BCUT2D eigenvalue weighted by Gasteiger charge is 2.40. The second-order valence-corrected chi connectivity index (χ2v) is 6.51. The Kier molecular flexibility index (Phi) is 5.27. The zero-order valence-corrected chi connectivity index (χ0v) is 14.1. The van der Waals surface area contributed by atoms with Gasteiger partial charge in [-0.25, -0.2) is 0 Å². The van der Waals surface area contributed by atoms with Crippen molar-refractivity contribution in [1.82, 2.24) is 4.90 Å². The lowest BCUT2D eigenvalue weighted by Gasteiger charge is -2.29. The van der Waals surface area contributed by atoms with Gasteiger partial charge in [-0.2, -0.15) is 5.26 Å². The maximum Gasteiger partial charge on any atom is 0.253 e. The van der Waals surface area contributed by atoms with E-state index in [1.54, 1.807) is 32.3 Å². The molecule has 1 aliphatic carbocycles. The van der Waals surface area contributed by atoms with Gasteiger partial charge in [0.15, 0.2) is 0 Å². The van der Waals surface area contributed by atoms with Crippen molar-refractivity contribution in [3.05, 3.63) is 28.8 Å². The first-order chi connectivity index (χ1) is 10.9. The second-order valence-electron chi connectivity index (χ2n) is 6.10. The number of hydrogen-bond donors (Lipinski definition) is 1. The lowest BCUT2D eigenvalue weighted by Crippen LogP contribution is -2.37. The number of hydrogen-bond acceptors (Lipinski definition) is 3. The number of benzene rings is 1. The second kappa shape index (κ2) is 7.01. The summed E-state index contributed by atoms with van der Waals surface area (Å²) in [5, 5.41) is 12.6. The van der Waals surface area contributed by atoms with Gasteiger partial charge in [-0.3, -0.25) is 9.59 Å². The van der Waals surface area contributed by atoms with Crippen LogP contribution in [0, 0.1) is 16.7 Å². The number of amides is 2.